The van der Waals surface area contributed by atoms with E-state index >= 15 is 0 Å². The second kappa shape index (κ2) is 8.06. The van der Waals surface area contributed by atoms with Crippen LogP contribution in [0.4, 0.5) is 8.78 Å². The van der Waals surface area contributed by atoms with Crippen LogP contribution < -0.4 is 0 Å². The Kier molecular flexibility index (Phi) is 5.29. The number of pyridine rings is 1. The van der Waals surface area contributed by atoms with Gasteiger partial charge in [-0.2, -0.15) is 0 Å². The minimum atomic E-state index is -1.16. The Hall–Kier alpha value is -3.94. The lowest BCUT2D eigenvalue weighted by Crippen LogP contribution is -2.15. The number of esters is 1. The smallest absolute Gasteiger partial charge is 0.339 e. The van der Waals surface area contributed by atoms with Gasteiger partial charge in [0.1, 0.15) is 0 Å². The lowest BCUT2D eigenvalue weighted by Gasteiger charge is -2.08. The average Bonchev–Trinajstić information content (AvgIpc) is 3.14. The van der Waals surface area contributed by atoms with Crippen molar-refractivity contribution in [2.24, 2.45) is 0 Å². The molecule has 4 rings (SSSR count). The number of fused-ring (bicyclic) bond motifs is 1. The fraction of sp³-hybridized carbons (Fsp3) is 0.130. The summed E-state index contributed by atoms with van der Waals surface area (Å²) in [6, 6.07) is 11.8. The van der Waals surface area contributed by atoms with Crippen molar-refractivity contribution in [1.82, 2.24) is 10.1 Å². The highest BCUT2D eigenvalue weighted by atomic mass is 19.2. The van der Waals surface area contributed by atoms with E-state index in [9.17, 15) is 18.4 Å². The van der Waals surface area contributed by atoms with Gasteiger partial charge < -0.3 is 9.26 Å². The number of Topliss-reactive ketones (excluding diaryl/α,β-unsaturated/α-hetero) is 1. The van der Waals surface area contributed by atoms with Crippen molar-refractivity contribution in [2.45, 2.75) is 13.8 Å². The quantitative estimate of drug-likeness (QED) is 0.339. The van der Waals surface area contributed by atoms with Crippen molar-refractivity contribution >= 4 is 22.9 Å². The fourth-order valence-corrected chi connectivity index (χ4v) is 3.09. The number of aromatic nitrogens is 2. The standard InChI is InChI=1S/C23H16F2N2O4/c1-12-3-5-14(6-4-12)19-10-16(21-13(2)27-31-22(21)26-19)23(29)30-11-20(28)15-7-8-17(24)18(25)9-15/h3-10H,11H2,1-2H3. The number of hydrogen-bond acceptors (Lipinski definition) is 6. The maximum atomic E-state index is 13.4. The van der Waals surface area contributed by atoms with Gasteiger partial charge in [-0.1, -0.05) is 35.0 Å². The molecule has 2 aromatic heterocycles. The van der Waals surface area contributed by atoms with E-state index in [4.69, 9.17) is 9.26 Å². The van der Waals surface area contributed by atoms with Crippen LogP contribution in [-0.4, -0.2) is 28.5 Å². The molecule has 0 unspecified atom stereocenters. The molecule has 0 bridgehead atoms. The second-order valence-electron chi connectivity index (χ2n) is 7.00. The summed E-state index contributed by atoms with van der Waals surface area (Å²) in [7, 11) is 0. The normalized spacial score (nSPS) is 11.0. The van der Waals surface area contributed by atoms with Crippen molar-refractivity contribution in [3.05, 3.63) is 82.5 Å². The Morgan fingerprint density at radius 3 is 2.45 bits per heavy atom. The molecule has 31 heavy (non-hydrogen) atoms. The Morgan fingerprint density at radius 2 is 1.74 bits per heavy atom. The van der Waals surface area contributed by atoms with Crippen LogP contribution in [0.5, 0.6) is 0 Å². The molecule has 8 heteroatoms. The van der Waals surface area contributed by atoms with Gasteiger partial charge in [0.15, 0.2) is 24.0 Å². The monoisotopic (exact) mass is 422 g/mol. The number of ether oxygens (including phenoxy) is 1. The van der Waals surface area contributed by atoms with Gasteiger partial charge in [0.25, 0.3) is 5.71 Å². The van der Waals surface area contributed by atoms with Gasteiger partial charge in [0, 0.05) is 11.1 Å². The van der Waals surface area contributed by atoms with Gasteiger partial charge in [0.05, 0.1) is 22.3 Å². The summed E-state index contributed by atoms with van der Waals surface area (Å²) in [6.07, 6.45) is 0. The molecule has 0 aliphatic rings. The molecule has 156 valence electrons. The van der Waals surface area contributed by atoms with Gasteiger partial charge in [-0.05, 0) is 38.1 Å². The summed E-state index contributed by atoms with van der Waals surface area (Å²) >= 11 is 0. The number of hydrogen-bond donors (Lipinski definition) is 0. The highest BCUT2D eigenvalue weighted by molar-refractivity contribution is 6.05. The third-order valence-electron chi connectivity index (χ3n) is 4.76. The largest absolute Gasteiger partial charge is 0.454 e. The van der Waals surface area contributed by atoms with Crippen LogP contribution in [0, 0.1) is 25.5 Å². The van der Waals surface area contributed by atoms with Gasteiger partial charge >= 0.3 is 5.97 Å². The van der Waals surface area contributed by atoms with Gasteiger partial charge in [-0.15, -0.1) is 0 Å². The van der Waals surface area contributed by atoms with Crippen molar-refractivity contribution in [1.29, 1.82) is 0 Å². The summed E-state index contributed by atoms with van der Waals surface area (Å²) in [5.74, 6) is -3.68. The second-order valence-corrected chi connectivity index (χ2v) is 7.00. The van der Waals surface area contributed by atoms with E-state index < -0.39 is 30.0 Å². The molecule has 0 aliphatic carbocycles. The van der Waals surface area contributed by atoms with Crippen LogP contribution in [-0.2, 0) is 4.74 Å². The molecule has 0 atom stereocenters. The molecule has 0 N–H and O–H groups in total. The van der Waals surface area contributed by atoms with Crippen LogP contribution in [0.1, 0.15) is 32.0 Å². The number of halogens is 2. The van der Waals surface area contributed by atoms with Crippen molar-refractivity contribution in [3.63, 3.8) is 0 Å². The van der Waals surface area contributed by atoms with Crippen LogP contribution >= 0.6 is 0 Å². The van der Waals surface area contributed by atoms with E-state index in [1.54, 1.807) is 13.0 Å². The first kappa shape index (κ1) is 20.3. The van der Waals surface area contributed by atoms with Gasteiger partial charge in [-0.3, -0.25) is 4.79 Å². The molecule has 6 nitrogen and oxygen atoms in total. The minimum absolute atomic E-state index is 0.104. The van der Waals surface area contributed by atoms with E-state index in [1.165, 1.54) is 0 Å². The number of nitrogens with zero attached hydrogens (tertiary/aromatic N) is 2. The zero-order valence-electron chi connectivity index (χ0n) is 16.6. The number of aryl methyl sites for hydroxylation is 2. The molecular formula is C23H16F2N2O4. The van der Waals surface area contributed by atoms with E-state index in [0.717, 1.165) is 29.3 Å². The maximum absolute atomic E-state index is 13.4. The molecule has 0 aliphatic heterocycles. The molecule has 0 saturated carbocycles. The predicted molar refractivity (Wildman–Crippen MR) is 108 cm³/mol. The number of ketones is 1. The molecule has 0 radical (unpaired) electrons. The molecule has 2 heterocycles. The first-order valence-corrected chi connectivity index (χ1v) is 9.33. The Morgan fingerprint density at radius 1 is 1.00 bits per heavy atom. The topological polar surface area (TPSA) is 82.3 Å². The van der Waals surface area contributed by atoms with Crippen molar-refractivity contribution in [2.75, 3.05) is 6.61 Å². The third kappa shape index (κ3) is 4.05. The highest BCUT2D eigenvalue weighted by Crippen LogP contribution is 2.28. The molecule has 2 aromatic carbocycles. The molecule has 0 amide bonds. The molecular weight excluding hydrogens is 406 g/mol. The van der Waals surface area contributed by atoms with Crippen LogP contribution in [0.25, 0.3) is 22.4 Å². The van der Waals surface area contributed by atoms with Crippen molar-refractivity contribution < 1.29 is 27.6 Å². The molecule has 0 spiro atoms. The highest BCUT2D eigenvalue weighted by Gasteiger charge is 2.21. The third-order valence-corrected chi connectivity index (χ3v) is 4.76. The number of carbonyl (C=O) groups is 2. The fourth-order valence-electron chi connectivity index (χ4n) is 3.09. The predicted octanol–water partition coefficient (Wildman–Crippen LogP) is 4.82. The van der Waals surface area contributed by atoms with Gasteiger partial charge in [0.2, 0.25) is 0 Å². The summed E-state index contributed by atoms with van der Waals surface area (Å²) in [5, 5.41) is 4.24. The van der Waals surface area contributed by atoms with E-state index in [0.29, 0.717) is 16.8 Å². The van der Waals surface area contributed by atoms with Crippen LogP contribution in [0.15, 0.2) is 53.1 Å². The van der Waals surface area contributed by atoms with Crippen LogP contribution in [0.2, 0.25) is 0 Å². The zero-order valence-corrected chi connectivity index (χ0v) is 16.6. The van der Waals surface area contributed by atoms with Crippen molar-refractivity contribution in [3.8, 4) is 11.3 Å². The first-order chi connectivity index (χ1) is 14.8. The zero-order chi connectivity index (χ0) is 22.1. The Bertz CT molecular complexity index is 1310. The summed E-state index contributed by atoms with van der Waals surface area (Å²) in [6.45, 7) is 2.97. The molecule has 0 saturated heterocycles. The first-order valence-electron chi connectivity index (χ1n) is 9.33. The Balaban J connectivity index is 1.63. The van der Waals surface area contributed by atoms with E-state index in [2.05, 4.69) is 10.1 Å². The summed E-state index contributed by atoms with van der Waals surface area (Å²) in [4.78, 5) is 29.5. The number of carbonyl (C=O) groups excluding carboxylic acids is 2. The SMILES string of the molecule is Cc1ccc(-c2cc(C(=O)OCC(=O)c3ccc(F)c(F)c3)c3c(C)noc3n2)cc1. The lowest BCUT2D eigenvalue weighted by molar-refractivity contribution is 0.0476. The summed E-state index contributed by atoms with van der Waals surface area (Å²) < 4.78 is 36.8. The minimum Gasteiger partial charge on any atom is -0.454 e. The maximum Gasteiger partial charge on any atom is 0.339 e. The van der Waals surface area contributed by atoms with E-state index in [1.807, 2.05) is 31.2 Å². The van der Waals surface area contributed by atoms with Crippen LogP contribution in [0.3, 0.4) is 0 Å². The van der Waals surface area contributed by atoms with E-state index in [-0.39, 0.29) is 16.8 Å². The molecule has 4 aromatic rings. The van der Waals surface area contributed by atoms with Gasteiger partial charge in [-0.25, -0.2) is 18.6 Å². The summed E-state index contributed by atoms with van der Waals surface area (Å²) in [5.41, 5.74) is 2.93. The Labute approximate surface area is 175 Å². The average molecular weight is 422 g/mol. The number of rotatable bonds is 5. The molecule has 0 fully saturated rings. The number of benzene rings is 2. The lowest BCUT2D eigenvalue weighted by atomic mass is 10.0.